The molecule has 0 aromatic rings. The van der Waals surface area contributed by atoms with E-state index in [0.717, 1.165) is 30.6 Å². The summed E-state index contributed by atoms with van der Waals surface area (Å²) in [5.74, 6) is 2.94. The molecular weight excluding hydrogens is 352 g/mol. The standard InChI is InChI=1S/C23H38N2O3/c1-15(23-12-16-9-17(13-23)11-18(10-16)14-23)24-20(26)19-5-7-25(8-6-19)21(27)28-22(2,3)4/h15-19H,5-14H2,1-4H3,(H,24,26)/t15-,16?,17?,18?,23?/m1/s1. The van der Waals surface area contributed by atoms with E-state index in [1.54, 1.807) is 4.90 Å². The van der Waals surface area contributed by atoms with Gasteiger partial charge in [-0.15, -0.1) is 0 Å². The lowest BCUT2D eigenvalue weighted by Crippen LogP contribution is -2.57. The minimum absolute atomic E-state index is 0.0232. The number of carbonyl (C=O) groups excluding carboxylic acids is 2. The molecule has 4 aliphatic carbocycles. The van der Waals surface area contributed by atoms with Crippen molar-refractivity contribution in [1.82, 2.24) is 10.2 Å². The van der Waals surface area contributed by atoms with E-state index in [0.29, 0.717) is 18.5 Å². The summed E-state index contributed by atoms with van der Waals surface area (Å²) in [6.45, 7) is 9.13. The van der Waals surface area contributed by atoms with Crippen LogP contribution in [0, 0.1) is 29.1 Å². The number of carbonyl (C=O) groups is 2. The molecule has 0 aromatic heterocycles. The first-order valence-corrected chi connectivity index (χ1v) is 11.4. The molecule has 2 amide bonds. The van der Waals surface area contributed by atoms with Crippen LogP contribution in [0.5, 0.6) is 0 Å². The van der Waals surface area contributed by atoms with Gasteiger partial charge in [0.2, 0.25) is 5.91 Å². The molecule has 5 aliphatic rings. The third-order valence-electron chi connectivity index (χ3n) is 7.88. The van der Waals surface area contributed by atoms with Crippen LogP contribution in [-0.2, 0) is 9.53 Å². The van der Waals surface area contributed by atoms with Gasteiger partial charge in [-0.2, -0.15) is 0 Å². The lowest BCUT2D eigenvalue weighted by atomic mass is 9.48. The fourth-order valence-corrected chi connectivity index (χ4v) is 6.84. The maximum absolute atomic E-state index is 13.0. The highest BCUT2D eigenvalue weighted by molar-refractivity contribution is 5.79. The predicted octanol–water partition coefficient (Wildman–Crippen LogP) is 4.35. The van der Waals surface area contributed by atoms with Crippen molar-refractivity contribution in [3.63, 3.8) is 0 Å². The Kier molecular flexibility index (Phi) is 5.16. The van der Waals surface area contributed by atoms with E-state index < -0.39 is 5.60 Å². The number of nitrogens with one attached hydrogen (secondary N) is 1. The molecule has 1 heterocycles. The Balaban J connectivity index is 1.29. The molecule has 0 aromatic carbocycles. The Labute approximate surface area is 169 Å². The van der Waals surface area contributed by atoms with Gasteiger partial charge in [0, 0.05) is 25.0 Å². The highest BCUT2D eigenvalue weighted by Gasteiger charge is 2.53. The van der Waals surface area contributed by atoms with Gasteiger partial charge in [0.15, 0.2) is 0 Å². The summed E-state index contributed by atoms with van der Waals surface area (Å²) in [6.07, 6.45) is 9.47. The second-order valence-electron chi connectivity index (χ2n) is 11.3. The summed E-state index contributed by atoms with van der Waals surface area (Å²) in [5.41, 5.74) is -0.125. The smallest absolute Gasteiger partial charge is 0.410 e. The number of ether oxygens (including phenoxy) is 1. The molecule has 0 radical (unpaired) electrons. The Morgan fingerprint density at radius 1 is 1.00 bits per heavy atom. The van der Waals surface area contributed by atoms with E-state index in [2.05, 4.69) is 12.2 Å². The van der Waals surface area contributed by atoms with Crippen molar-refractivity contribution >= 4 is 12.0 Å². The first-order chi connectivity index (χ1) is 13.1. The van der Waals surface area contributed by atoms with Gasteiger partial charge in [-0.3, -0.25) is 4.79 Å². The van der Waals surface area contributed by atoms with E-state index in [9.17, 15) is 9.59 Å². The SMILES string of the molecule is C[C@@H](NC(=O)C1CCN(C(=O)OC(C)(C)C)CC1)C12CC3CC(CC(C3)C1)C2. The minimum Gasteiger partial charge on any atom is -0.444 e. The second kappa shape index (κ2) is 7.21. The van der Waals surface area contributed by atoms with Gasteiger partial charge in [0.05, 0.1) is 0 Å². The Hall–Kier alpha value is -1.26. The number of piperidine rings is 1. The molecule has 5 fully saturated rings. The van der Waals surface area contributed by atoms with Gasteiger partial charge in [-0.1, -0.05) is 0 Å². The van der Waals surface area contributed by atoms with Crippen molar-refractivity contribution in [3.8, 4) is 0 Å². The van der Waals surface area contributed by atoms with Crippen molar-refractivity contribution in [3.05, 3.63) is 0 Å². The van der Waals surface area contributed by atoms with Crippen LogP contribution in [0.15, 0.2) is 0 Å². The molecule has 158 valence electrons. The number of nitrogens with zero attached hydrogens (tertiary/aromatic N) is 1. The summed E-state index contributed by atoms with van der Waals surface area (Å²) in [6, 6.07) is 0.275. The van der Waals surface area contributed by atoms with E-state index >= 15 is 0 Å². The van der Waals surface area contributed by atoms with Crippen LogP contribution >= 0.6 is 0 Å². The first kappa shape index (κ1) is 20.0. The molecule has 1 atom stereocenters. The number of likely N-dealkylation sites (tertiary alicyclic amines) is 1. The van der Waals surface area contributed by atoms with Crippen LogP contribution < -0.4 is 5.32 Å². The van der Waals surface area contributed by atoms with E-state index in [1.165, 1.54) is 38.5 Å². The average Bonchev–Trinajstić information content (AvgIpc) is 2.59. The number of amides is 2. The Morgan fingerprint density at radius 3 is 1.96 bits per heavy atom. The normalized spacial score (nSPS) is 36.3. The van der Waals surface area contributed by atoms with Crippen molar-refractivity contribution < 1.29 is 14.3 Å². The molecule has 1 saturated heterocycles. The second-order valence-corrected chi connectivity index (χ2v) is 11.3. The third-order valence-corrected chi connectivity index (χ3v) is 7.88. The highest BCUT2D eigenvalue weighted by atomic mass is 16.6. The molecule has 5 heteroatoms. The quantitative estimate of drug-likeness (QED) is 0.779. The molecule has 4 bridgehead atoms. The zero-order valence-corrected chi connectivity index (χ0v) is 18.1. The largest absolute Gasteiger partial charge is 0.444 e. The fourth-order valence-electron chi connectivity index (χ4n) is 6.84. The molecule has 0 unspecified atom stereocenters. The predicted molar refractivity (Wildman–Crippen MR) is 109 cm³/mol. The van der Waals surface area contributed by atoms with Crippen molar-refractivity contribution in [2.24, 2.45) is 29.1 Å². The summed E-state index contributed by atoms with van der Waals surface area (Å²) in [5, 5.41) is 3.42. The third kappa shape index (κ3) is 4.04. The van der Waals surface area contributed by atoms with Gasteiger partial charge in [-0.05, 0) is 102 Å². The van der Waals surface area contributed by atoms with Crippen LogP contribution in [0.3, 0.4) is 0 Å². The van der Waals surface area contributed by atoms with E-state index in [4.69, 9.17) is 4.74 Å². The van der Waals surface area contributed by atoms with Crippen molar-refractivity contribution in [2.45, 2.75) is 90.7 Å². The molecule has 1 N–H and O–H groups in total. The number of rotatable bonds is 3. The zero-order valence-electron chi connectivity index (χ0n) is 18.1. The molecule has 0 spiro atoms. The molecule has 4 saturated carbocycles. The van der Waals surface area contributed by atoms with Crippen LogP contribution in [0.2, 0.25) is 0 Å². The van der Waals surface area contributed by atoms with Gasteiger partial charge < -0.3 is 15.0 Å². The summed E-state index contributed by atoms with van der Waals surface area (Å²) >= 11 is 0. The topological polar surface area (TPSA) is 58.6 Å². The number of hydrogen-bond donors (Lipinski definition) is 1. The molecule has 5 nitrogen and oxygen atoms in total. The van der Waals surface area contributed by atoms with E-state index in [1.807, 2.05) is 20.8 Å². The van der Waals surface area contributed by atoms with Crippen LogP contribution in [0.4, 0.5) is 4.79 Å². The zero-order chi connectivity index (χ0) is 20.1. The van der Waals surface area contributed by atoms with Crippen molar-refractivity contribution in [1.29, 1.82) is 0 Å². The first-order valence-electron chi connectivity index (χ1n) is 11.4. The highest BCUT2D eigenvalue weighted by Crippen LogP contribution is 2.61. The van der Waals surface area contributed by atoms with Crippen molar-refractivity contribution in [2.75, 3.05) is 13.1 Å². The Bertz CT molecular complexity index is 581. The summed E-state index contributed by atoms with van der Waals surface area (Å²) in [4.78, 5) is 26.9. The summed E-state index contributed by atoms with van der Waals surface area (Å²) < 4.78 is 5.46. The van der Waals surface area contributed by atoms with Gasteiger partial charge in [0.25, 0.3) is 0 Å². The molecule has 28 heavy (non-hydrogen) atoms. The van der Waals surface area contributed by atoms with Gasteiger partial charge >= 0.3 is 6.09 Å². The van der Waals surface area contributed by atoms with Crippen LogP contribution in [0.25, 0.3) is 0 Å². The molecule has 5 rings (SSSR count). The summed E-state index contributed by atoms with van der Waals surface area (Å²) in [7, 11) is 0. The fraction of sp³-hybridized carbons (Fsp3) is 0.913. The minimum atomic E-state index is -0.474. The lowest BCUT2D eigenvalue weighted by molar-refractivity contribution is -0.131. The maximum atomic E-state index is 13.0. The van der Waals surface area contributed by atoms with Crippen LogP contribution in [0.1, 0.15) is 79.1 Å². The average molecular weight is 391 g/mol. The molecular formula is C23H38N2O3. The van der Waals surface area contributed by atoms with Gasteiger partial charge in [0.1, 0.15) is 5.60 Å². The molecule has 1 aliphatic heterocycles. The maximum Gasteiger partial charge on any atom is 0.410 e. The lowest BCUT2D eigenvalue weighted by Gasteiger charge is -2.59. The Morgan fingerprint density at radius 2 is 1.50 bits per heavy atom. The van der Waals surface area contributed by atoms with Gasteiger partial charge in [-0.25, -0.2) is 4.79 Å². The van der Waals surface area contributed by atoms with Crippen LogP contribution in [-0.4, -0.2) is 41.6 Å². The van der Waals surface area contributed by atoms with E-state index in [-0.39, 0.29) is 24.0 Å². The number of hydrogen-bond acceptors (Lipinski definition) is 3. The monoisotopic (exact) mass is 390 g/mol.